The standard InChI is InChI=1S/C22H24N4O2S2/c1-4-8-26-21(28)17(30-22(26)29)11-16-19(24-12-14(2)10-15(3)13-24)23-18-7-5-6-9-25(18)20(16)27/h4-7,9,11,14-15H,1,8,10,12-13H2,2-3H3/b17-11-/t14-,15-/m0/s1. The van der Waals surface area contributed by atoms with Gasteiger partial charge in [-0.25, -0.2) is 4.98 Å². The number of rotatable bonds is 4. The van der Waals surface area contributed by atoms with Gasteiger partial charge in [0.2, 0.25) is 0 Å². The van der Waals surface area contributed by atoms with Gasteiger partial charge in [0.1, 0.15) is 15.8 Å². The molecule has 156 valence electrons. The van der Waals surface area contributed by atoms with Crippen molar-refractivity contribution >= 4 is 51.7 Å². The highest BCUT2D eigenvalue weighted by Crippen LogP contribution is 2.34. The van der Waals surface area contributed by atoms with E-state index >= 15 is 0 Å². The molecule has 2 saturated heterocycles. The maximum Gasteiger partial charge on any atom is 0.267 e. The van der Waals surface area contributed by atoms with Crippen LogP contribution in [-0.2, 0) is 4.79 Å². The van der Waals surface area contributed by atoms with Crippen molar-refractivity contribution in [1.29, 1.82) is 0 Å². The average Bonchev–Trinajstić information content (AvgIpc) is 2.97. The molecule has 0 bridgehead atoms. The number of fused-ring (bicyclic) bond motifs is 1. The lowest BCUT2D eigenvalue weighted by Gasteiger charge is -2.36. The topological polar surface area (TPSA) is 57.9 Å². The van der Waals surface area contributed by atoms with Crippen LogP contribution in [0.3, 0.4) is 0 Å². The molecule has 4 rings (SSSR count). The molecule has 2 fully saturated rings. The quantitative estimate of drug-likeness (QED) is 0.412. The zero-order valence-corrected chi connectivity index (χ0v) is 18.7. The van der Waals surface area contributed by atoms with E-state index in [0.717, 1.165) is 19.5 Å². The third-order valence-electron chi connectivity index (χ3n) is 5.38. The van der Waals surface area contributed by atoms with Crippen LogP contribution < -0.4 is 10.5 Å². The monoisotopic (exact) mass is 440 g/mol. The van der Waals surface area contributed by atoms with Crippen molar-refractivity contribution < 1.29 is 4.79 Å². The number of thioether (sulfide) groups is 1. The molecule has 30 heavy (non-hydrogen) atoms. The molecule has 0 radical (unpaired) electrons. The molecule has 1 amide bonds. The molecule has 0 unspecified atom stereocenters. The van der Waals surface area contributed by atoms with Crippen molar-refractivity contribution in [2.75, 3.05) is 24.5 Å². The minimum absolute atomic E-state index is 0.185. The molecule has 2 aliphatic heterocycles. The van der Waals surface area contributed by atoms with Crippen molar-refractivity contribution in [3.05, 3.63) is 57.9 Å². The van der Waals surface area contributed by atoms with Crippen molar-refractivity contribution in [1.82, 2.24) is 14.3 Å². The molecular weight excluding hydrogens is 416 g/mol. The number of anilines is 1. The number of nitrogens with zero attached hydrogens (tertiary/aromatic N) is 4. The van der Waals surface area contributed by atoms with E-state index in [1.807, 2.05) is 12.1 Å². The van der Waals surface area contributed by atoms with Crippen LogP contribution in [0, 0.1) is 11.8 Å². The van der Waals surface area contributed by atoms with Crippen LogP contribution in [0.25, 0.3) is 11.7 Å². The second kappa shape index (κ2) is 8.35. The van der Waals surface area contributed by atoms with Gasteiger partial charge in [-0.3, -0.25) is 18.9 Å². The largest absolute Gasteiger partial charge is 0.355 e. The van der Waals surface area contributed by atoms with Gasteiger partial charge in [-0.05, 0) is 36.5 Å². The summed E-state index contributed by atoms with van der Waals surface area (Å²) in [6, 6.07) is 5.50. The van der Waals surface area contributed by atoms with Gasteiger partial charge in [-0.2, -0.15) is 0 Å². The number of hydrogen-bond acceptors (Lipinski definition) is 6. The first-order chi connectivity index (χ1) is 14.4. The Morgan fingerprint density at radius 2 is 2.00 bits per heavy atom. The molecule has 8 heteroatoms. The molecule has 2 atom stereocenters. The predicted octanol–water partition coefficient (Wildman–Crippen LogP) is 3.56. The minimum Gasteiger partial charge on any atom is -0.355 e. The van der Waals surface area contributed by atoms with E-state index in [0.29, 0.717) is 44.6 Å². The summed E-state index contributed by atoms with van der Waals surface area (Å²) in [4.78, 5) is 35.2. The van der Waals surface area contributed by atoms with E-state index in [2.05, 4.69) is 25.3 Å². The third-order valence-corrected chi connectivity index (χ3v) is 6.76. The van der Waals surface area contributed by atoms with Crippen LogP contribution in [0.1, 0.15) is 25.8 Å². The highest BCUT2D eigenvalue weighted by molar-refractivity contribution is 8.26. The van der Waals surface area contributed by atoms with Gasteiger partial charge in [0.15, 0.2) is 0 Å². The predicted molar refractivity (Wildman–Crippen MR) is 127 cm³/mol. The van der Waals surface area contributed by atoms with Gasteiger partial charge in [0, 0.05) is 25.8 Å². The fourth-order valence-corrected chi connectivity index (χ4v) is 5.47. The van der Waals surface area contributed by atoms with Crippen molar-refractivity contribution in [3.8, 4) is 0 Å². The summed E-state index contributed by atoms with van der Waals surface area (Å²) in [5.74, 6) is 1.44. The Kier molecular flexibility index (Phi) is 5.79. The number of piperidine rings is 1. The fraction of sp³-hybridized carbons (Fsp3) is 0.364. The van der Waals surface area contributed by atoms with Gasteiger partial charge in [0.25, 0.3) is 11.5 Å². The molecule has 0 spiro atoms. The van der Waals surface area contributed by atoms with Crippen LogP contribution in [0.4, 0.5) is 5.82 Å². The summed E-state index contributed by atoms with van der Waals surface area (Å²) >= 11 is 6.56. The smallest absolute Gasteiger partial charge is 0.267 e. The second-order valence-electron chi connectivity index (χ2n) is 8.02. The van der Waals surface area contributed by atoms with Crippen LogP contribution in [-0.4, -0.2) is 44.1 Å². The number of carbonyl (C=O) groups is 1. The van der Waals surface area contributed by atoms with Crippen LogP contribution >= 0.6 is 24.0 Å². The number of thiocarbonyl (C=S) groups is 1. The molecule has 0 saturated carbocycles. The first kappa shape index (κ1) is 20.8. The first-order valence-electron chi connectivity index (χ1n) is 10.0. The molecule has 0 N–H and O–H groups in total. The van der Waals surface area contributed by atoms with Crippen molar-refractivity contribution in [3.63, 3.8) is 0 Å². The number of pyridine rings is 1. The summed E-state index contributed by atoms with van der Waals surface area (Å²) in [5, 5.41) is 0. The Bertz CT molecular complexity index is 1110. The van der Waals surface area contributed by atoms with Gasteiger partial charge < -0.3 is 4.90 Å². The Morgan fingerprint density at radius 1 is 1.27 bits per heavy atom. The number of amides is 1. The second-order valence-corrected chi connectivity index (χ2v) is 9.69. The third kappa shape index (κ3) is 3.81. The number of carbonyl (C=O) groups excluding carboxylic acids is 1. The molecular formula is C22H24N4O2S2. The Balaban J connectivity index is 1.87. The highest BCUT2D eigenvalue weighted by atomic mass is 32.2. The van der Waals surface area contributed by atoms with E-state index < -0.39 is 0 Å². The minimum atomic E-state index is -0.200. The molecule has 2 aromatic rings. The number of aromatic nitrogens is 2. The lowest BCUT2D eigenvalue weighted by Crippen LogP contribution is -2.40. The van der Waals surface area contributed by atoms with E-state index in [1.165, 1.54) is 21.1 Å². The fourth-order valence-electron chi connectivity index (χ4n) is 4.21. The molecule has 2 aromatic heterocycles. The lowest BCUT2D eigenvalue weighted by molar-refractivity contribution is -0.121. The maximum absolute atomic E-state index is 13.4. The average molecular weight is 441 g/mol. The van der Waals surface area contributed by atoms with E-state index in [1.54, 1.807) is 24.4 Å². The van der Waals surface area contributed by atoms with E-state index in [-0.39, 0.29) is 11.5 Å². The lowest BCUT2D eigenvalue weighted by atomic mass is 9.91. The highest BCUT2D eigenvalue weighted by Gasteiger charge is 2.32. The van der Waals surface area contributed by atoms with E-state index in [9.17, 15) is 9.59 Å². The Labute approximate surface area is 185 Å². The molecule has 2 aliphatic rings. The SMILES string of the molecule is C=CCN1C(=O)/C(=C/c2c(N3C[C@@H](C)C[C@H](C)C3)nc3ccccn3c2=O)SC1=S. The van der Waals surface area contributed by atoms with E-state index in [4.69, 9.17) is 17.2 Å². The summed E-state index contributed by atoms with van der Waals surface area (Å²) in [7, 11) is 0. The first-order valence-corrected chi connectivity index (χ1v) is 11.2. The van der Waals surface area contributed by atoms with Crippen LogP contribution in [0.5, 0.6) is 0 Å². The maximum atomic E-state index is 13.4. The van der Waals surface area contributed by atoms with Crippen molar-refractivity contribution in [2.45, 2.75) is 20.3 Å². The van der Waals surface area contributed by atoms with Crippen LogP contribution in [0.15, 0.2) is 46.8 Å². The summed E-state index contributed by atoms with van der Waals surface area (Å²) in [6.45, 7) is 10.1. The Hall–Kier alpha value is -2.45. The molecule has 4 heterocycles. The molecule has 0 aromatic carbocycles. The normalized spacial score (nSPS) is 23.6. The molecule has 0 aliphatic carbocycles. The Morgan fingerprint density at radius 3 is 2.70 bits per heavy atom. The summed E-state index contributed by atoms with van der Waals surface area (Å²) < 4.78 is 2.00. The van der Waals surface area contributed by atoms with Gasteiger partial charge in [-0.1, -0.05) is 50.0 Å². The zero-order valence-electron chi connectivity index (χ0n) is 17.1. The van der Waals surface area contributed by atoms with Gasteiger partial charge in [0.05, 0.1) is 10.5 Å². The van der Waals surface area contributed by atoms with Crippen LogP contribution in [0.2, 0.25) is 0 Å². The summed E-state index contributed by atoms with van der Waals surface area (Å²) in [6.07, 6.45) is 6.16. The van der Waals surface area contributed by atoms with Gasteiger partial charge in [-0.15, -0.1) is 6.58 Å². The zero-order chi connectivity index (χ0) is 21.4. The van der Waals surface area contributed by atoms with Gasteiger partial charge >= 0.3 is 0 Å². The van der Waals surface area contributed by atoms with Crippen molar-refractivity contribution in [2.24, 2.45) is 11.8 Å². The summed E-state index contributed by atoms with van der Waals surface area (Å²) in [5.41, 5.74) is 0.842. The number of hydrogen-bond donors (Lipinski definition) is 0. The molecule has 6 nitrogen and oxygen atoms in total.